The summed E-state index contributed by atoms with van der Waals surface area (Å²) >= 11 is 0. The standard InChI is InChI=1S/C13H24N4O3S/c1-13(5-3-8-20-13)11-16-21(18,19)12-9-15-17(10-12)7-4-6-14-2/h9-10,14,16H,3-8,11H2,1-2H3. The molecule has 7 nitrogen and oxygen atoms in total. The molecule has 2 N–H and O–H groups in total. The number of nitrogens with one attached hydrogen (secondary N) is 2. The third-order valence-corrected chi connectivity index (χ3v) is 5.03. The summed E-state index contributed by atoms with van der Waals surface area (Å²) in [4.78, 5) is 0.202. The molecule has 1 aliphatic rings. The second-order valence-corrected chi connectivity index (χ2v) is 7.39. The van der Waals surface area contributed by atoms with E-state index in [1.165, 1.54) is 6.20 Å². The van der Waals surface area contributed by atoms with Crippen LogP contribution in [0.4, 0.5) is 0 Å². The van der Waals surface area contributed by atoms with Gasteiger partial charge in [0.1, 0.15) is 4.90 Å². The van der Waals surface area contributed by atoms with Gasteiger partial charge in [-0.3, -0.25) is 4.68 Å². The molecule has 2 heterocycles. The van der Waals surface area contributed by atoms with Crippen molar-refractivity contribution in [2.75, 3.05) is 26.7 Å². The van der Waals surface area contributed by atoms with Crippen molar-refractivity contribution in [2.45, 2.75) is 43.2 Å². The predicted octanol–water partition coefficient (Wildman–Crippen LogP) is 0.340. The van der Waals surface area contributed by atoms with Gasteiger partial charge in [-0.15, -0.1) is 0 Å². The van der Waals surface area contributed by atoms with Crippen LogP contribution >= 0.6 is 0 Å². The molecule has 1 aromatic heterocycles. The quantitative estimate of drug-likeness (QED) is 0.676. The molecule has 120 valence electrons. The van der Waals surface area contributed by atoms with Crippen LogP contribution in [0.3, 0.4) is 0 Å². The third kappa shape index (κ3) is 4.50. The van der Waals surface area contributed by atoms with Gasteiger partial charge in [-0.2, -0.15) is 5.10 Å². The van der Waals surface area contributed by atoms with Crippen molar-refractivity contribution in [1.82, 2.24) is 19.8 Å². The summed E-state index contributed by atoms with van der Waals surface area (Å²) in [6.45, 7) is 4.48. The first kappa shape index (κ1) is 16.4. The van der Waals surface area contributed by atoms with Crippen molar-refractivity contribution < 1.29 is 13.2 Å². The molecule has 1 aliphatic heterocycles. The molecular weight excluding hydrogens is 292 g/mol. The highest BCUT2D eigenvalue weighted by Crippen LogP contribution is 2.24. The van der Waals surface area contributed by atoms with Crippen molar-refractivity contribution in [3.05, 3.63) is 12.4 Å². The monoisotopic (exact) mass is 316 g/mol. The SMILES string of the molecule is CNCCCn1cc(S(=O)(=O)NCC2(C)CCCO2)cn1. The van der Waals surface area contributed by atoms with E-state index in [4.69, 9.17) is 4.74 Å². The number of ether oxygens (including phenoxy) is 1. The number of aromatic nitrogens is 2. The summed E-state index contributed by atoms with van der Waals surface area (Å²) in [5.41, 5.74) is -0.393. The summed E-state index contributed by atoms with van der Waals surface area (Å²) in [7, 11) is -1.64. The zero-order valence-corrected chi connectivity index (χ0v) is 13.4. The van der Waals surface area contributed by atoms with E-state index in [1.54, 1.807) is 10.9 Å². The van der Waals surface area contributed by atoms with Crippen LogP contribution in [0.1, 0.15) is 26.2 Å². The van der Waals surface area contributed by atoms with Crippen molar-refractivity contribution in [3.8, 4) is 0 Å². The van der Waals surface area contributed by atoms with Crippen LogP contribution in [0.5, 0.6) is 0 Å². The lowest BCUT2D eigenvalue weighted by atomic mass is 10.0. The molecule has 0 aromatic carbocycles. The molecule has 1 saturated heterocycles. The van der Waals surface area contributed by atoms with E-state index in [0.717, 1.165) is 25.8 Å². The van der Waals surface area contributed by atoms with E-state index >= 15 is 0 Å². The number of sulfonamides is 1. The van der Waals surface area contributed by atoms with Crippen LogP contribution in [-0.4, -0.2) is 50.5 Å². The maximum Gasteiger partial charge on any atom is 0.243 e. The van der Waals surface area contributed by atoms with Crippen LogP contribution in [0, 0.1) is 0 Å². The molecule has 2 rings (SSSR count). The first-order chi connectivity index (χ1) is 9.95. The molecule has 1 fully saturated rings. The van der Waals surface area contributed by atoms with Gasteiger partial charge in [-0.1, -0.05) is 0 Å². The second kappa shape index (κ2) is 6.87. The highest BCUT2D eigenvalue weighted by atomic mass is 32.2. The summed E-state index contributed by atoms with van der Waals surface area (Å²) in [5.74, 6) is 0. The minimum Gasteiger partial charge on any atom is -0.374 e. The molecule has 0 radical (unpaired) electrons. The molecule has 0 bridgehead atoms. The molecule has 1 aromatic rings. The number of nitrogens with zero attached hydrogens (tertiary/aromatic N) is 2. The van der Waals surface area contributed by atoms with E-state index < -0.39 is 15.6 Å². The zero-order valence-electron chi connectivity index (χ0n) is 12.6. The Kier molecular flexibility index (Phi) is 5.37. The Morgan fingerprint density at radius 3 is 3.00 bits per heavy atom. The van der Waals surface area contributed by atoms with E-state index in [0.29, 0.717) is 19.7 Å². The van der Waals surface area contributed by atoms with Gasteiger partial charge < -0.3 is 10.1 Å². The fourth-order valence-corrected chi connectivity index (χ4v) is 3.44. The number of hydrogen-bond donors (Lipinski definition) is 2. The van der Waals surface area contributed by atoms with Gasteiger partial charge in [0.05, 0.1) is 11.8 Å². The summed E-state index contributed by atoms with van der Waals surface area (Å²) in [5, 5.41) is 7.13. The Morgan fingerprint density at radius 1 is 1.52 bits per heavy atom. The Bertz CT molecular complexity index is 550. The topological polar surface area (TPSA) is 85.2 Å². The number of hydrogen-bond acceptors (Lipinski definition) is 5. The minimum atomic E-state index is -3.52. The zero-order chi connectivity index (χ0) is 15.3. The third-order valence-electron chi connectivity index (χ3n) is 3.67. The molecule has 1 unspecified atom stereocenters. The van der Waals surface area contributed by atoms with E-state index in [1.807, 2.05) is 14.0 Å². The molecule has 1 atom stereocenters. The molecular formula is C13H24N4O3S. The molecule has 21 heavy (non-hydrogen) atoms. The normalized spacial score (nSPS) is 22.8. The maximum atomic E-state index is 12.2. The number of rotatable bonds is 8. The molecule has 8 heteroatoms. The number of aryl methyl sites for hydroxylation is 1. The van der Waals surface area contributed by atoms with Crippen molar-refractivity contribution in [2.24, 2.45) is 0 Å². The summed E-state index contributed by atoms with van der Waals surface area (Å²) in [6, 6.07) is 0. The maximum absolute atomic E-state index is 12.2. The van der Waals surface area contributed by atoms with Gasteiger partial charge in [-0.05, 0) is 39.8 Å². The lowest BCUT2D eigenvalue weighted by Crippen LogP contribution is -2.39. The average Bonchev–Trinajstić information content (AvgIpc) is 3.07. The van der Waals surface area contributed by atoms with Gasteiger partial charge in [-0.25, -0.2) is 13.1 Å². The minimum absolute atomic E-state index is 0.202. The van der Waals surface area contributed by atoms with Gasteiger partial charge in [0, 0.05) is 25.9 Å². The summed E-state index contributed by atoms with van der Waals surface area (Å²) < 4.78 is 34.3. The van der Waals surface area contributed by atoms with Gasteiger partial charge in [0.2, 0.25) is 10.0 Å². The van der Waals surface area contributed by atoms with Gasteiger partial charge in [0.15, 0.2) is 0 Å². The first-order valence-corrected chi connectivity index (χ1v) is 8.74. The molecule has 0 amide bonds. The van der Waals surface area contributed by atoms with Crippen LogP contribution in [0.25, 0.3) is 0 Å². The molecule has 0 aliphatic carbocycles. The molecule has 0 saturated carbocycles. The molecule has 0 spiro atoms. The lowest BCUT2D eigenvalue weighted by molar-refractivity contribution is 0.0250. The highest BCUT2D eigenvalue weighted by molar-refractivity contribution is 7.89. The van der Waals surface area contributed by atoms with Crippen LogP contribution < -0.4 is 10.0 Å². The van der Waals surface area contributed by atoms with Crippen LogP contribution in [0.15, 0.2) is 17.3 Å². The fraction of sp³-hybridized carbons (Fsp3) is 0.769. The smallest absolute Gasteiger partial charge is 0.243 e. The Balaban J connectivity index is 1.92. The first-order valence-electron chi connectivity index (χ1n) is 7.26. The van der Waals surface area contributed by atoms with Crippen LogP contribution in [0.2, 0.25) is 0 Å². The van der Waals surface area contributed by atoms with E-state index in [2.05, 4.69) is 15.1 Å². The van der Waals surface area contributed by atoms with Crippen molar-refractivity contribution >= 4 is 10.0 Å². The fourth-order valence-electron chi connectivity index (χ4n) is 2.33. The van der Waals surface area contributed by atoms with E-state index in [9.17, 15) is 8.42 Å². The largest absolute Gasteiger partial charge is 0.374 e. The van der Waals surface area contributed by atoms with Crippen molar-refractivity contribution in [1.29, 1.82) is 0 Å². The summed E-state index contributed by atoms with van der Waals surface area (Å²) in [6.07, 6.45) is 5.70. The lowest BCUT2D eigenvalue weighted by Gasteiger charge is -2.22. The van der Waals surface area contributed by atoms with E-state index in [-0.39, 0.29) is 4.90 Å². The van der Waals surface area contributed by atoms with Crippen LogP contribution in [-0.2, 0) is 21.3 Å². The predicted molar refractivity (Wildman–Crippen MR) is 79.6 cm³/mol. The average molecular weight is 316 g/mol. The Labute approximate surface area is 126 Å². The Hall–Kier alpha value is -0.960. The highest BCUT2D eigenvalue weighted by Gasteiger charge is 2.31. The van der Waals surface area contributed by atoms with Gasteiger partial charge >= 0.3 is 0 Å². The Morgan fingerprint density at radius 2 is 2.33 bits per heavy atom. The second-order valence-electron chi connectivity index (χ2n) is 5.62. The van der Waals surface area contributed by atoms with Gasteiger partial charge in [0.25, 0.3) is 0 Å². The van der Waals surface area contributed by atoms with Crippen molar-refractivity contribution in [3.63, 3.8) is 0 Å².